The zero-order valence-electron chi connectivity index (χ0n) is 15.7. The summed E-state index contributed by atoms with van der Waals surface area (Å²) >= 11 is 0. The lowest BCUT2D eigenvalue weighted by Gasteiger charge is -2.20. The molecular weight excluding hydrogens is 310 g/mol. The highest BCUT2D eigenvalue weighted by Gasteiger charge is 2.17. The average molecular weight is 339 g/mol. The molecule has 134 valence electrons. The van der Waals surface area contributed by atoms with Crippen LogP contribution in [0, 0.1) is 0 Å². The fourth-order valence-electron chi connectivity index (χ4n) is 3.07. The van der Waals surface area contributed by atoms with Gasteiger partial charge in [-0.15, -0.1) is 0 Å². The van der Waals surface area contributed by atoms with Crippen molar-refractivity contribution in [1.29, 1.82) is 0 Å². The maximum atomic E-state index is 11.9. The zero-order valence-corrected chi connectivity index (χ0v) is 15.7. The second-order valence-corrected chi connectivity index (χ2v) is 6.39. The van der Waals surface area contributed by atoms with E-state index in [4.69, 9.17) is 5.73 Å². The van der Waals surface area contributed by atoms with Crippen molar-refractivity contribution in [3.8, 4) is 0 Å². The van der Waals surface area contributed by atoms with Crippen molar-refractivity contribution in [3.05, 3.63) is 58.9 Å². The van der Waals surface area contributed by atoms with Crippen LogP contribution in [0.3, 0.4) is 0 Å². The van der Waals surface area contributed by atoms with Gasteiger partial charge in [0.05, 0.1) is 0 Å². The maximum absolute atomic E-state index is 11.9. The van der Waals surface area contributed by atoms with Gasteiger partial charge in [-0.1, -0.05) is 38.1 Å². The maximum Gasteiger partial charge on any atom is 0.265 e. The topological polar surface area (TPSA) is 51.3 Å². The summed E-state index contributed by atoms with van der Waals surface area (Å²) in [6.07, 6.45) is 8.95. The SMILES string of the molecule is CC/C=C/c1cn(C)c(C(N)=O)c1CCN(C)c1ccc(CC)cc1. The van der Waals surface area contributed by atoms with Gasteiger partial charge < -0.3 is 15.2 Å². The van der Waals surface area contributed by atoms with E-state index in [1.807, 2.05) is 17.8 Å². The van der Waals surface area contributed by atoms with Crippen molar-refractivity contribution < 1.29 is 4.79 Å². The number of nitrogens with two attached hydrogens (primary N) is 1. The van der Waals surface area contributed by atoms with Crippen LogP contribution in [0.25, 0.3) is 6.08 Å². The van der Waals surface area contributed by atoms with Gasteiger partial charge in [0.1, 0.15) is 5.69 Å². The minimum Gasteiger partial charge on any atom is -0.374 e. The Bertz CT molecular complexity index is 741. The number of carbonyl (C=O) groups is 1. The molecule has 0 aliphatic rings. The van der Waals surface area contributed by atoms with Gasteiger partial charge in [0.2, 0.25) is 0 Å². The highest BCUT2D eigenvalue weighted by molar-refractivity contribution is 5.94. The van der Waals surface area contributed by atoms with E-state index in [2.05, 4.69) is 62.2 Å². The molecule has 25 heavy (non-hydrogen) atoms. The quantitative estimate of drug-likeness (QED) is 0.795. The summed E-state index contributed by atoms with van der Waals surface area (Å²) in [5, 5.41) is 0. The molecule has 0 unspecified atom stereocenters. The predicted octanol–water partition coefficient (Wildman–Crippen LogP) is 3.79. The van der Waals surface area contributed by atoms with Gasteiger partial charge in [-0.05, 0) is 48.1 Å². The zero-order chi connectivity index (χ0) is 18.4. The Balaban J connectivity index is 2.20. The first-order chi connectivity index (χ1) is 12.0. The first-order valence-corrected chi connectivity index (χ1v) is 8.92. The van der Waals surface area contributed by atoms with Crippen LogP contribution in [-0.2, 0) is 19.9 Å². The average Bonchev–Trinajstić information content (AvgIpc) is 2.93. The van der Waals surface area contributed by atoms with Crippen molar-refractivity contribution in [2.75, 3.05) is 18.5 Å². The number of allylic oxidation sites excluding steroid dienone is 1. The molecule has 2 rings (SSSR count). The molecule has 0 aliphatic heterocycles. The standard InChI is InChI=1S/C21H29N3O/c1-5-7-8-17-15-24(4)20(21(22)25)19(17)13-14-23(3)18-11-9-16(6-2)10-12-18/h7-12,15H,5-6,13-14H2,1-4H3,(H2,22,25)/b8-7+. The molecular formula is C21H29N3O. The van der Waals surface area contributed by atoms with Gasteiger partial charge in [0, 0.05) is 32.5 Å². The molecule has 4 heteroatoms. The van der Waals surface area contributed by atoms with Crippen LogP contribution in [0.15, 0.2) is 36.5 Å². The fraction of sp³-hybridized carbons (Fsp3) is 0.381. The molecule has 0 spiro atoms. The molecule has 0 bridgehead atoms. The minimum absolute atomic E-state index is 0.372. The molecule has 0 aliphatic carbocycles. The largest absolute Gasteiger partial charge is 0.374 e. The van der Waals surface area contributed by atoms with E-state index >= 15 is 0 Å². The molecule has 1 heterocycles. The van der Waals surface area contributed by atoms with Crippen LogP contribution in [0.1, 0.15) is 47.4 Å². The molecule has 4 nitrogen and oxygen atoms in total. The Morgan fingerprint density at radius 3 is 2.48 bits per heavy atom. The molecule has 1 aromatic carbocycles. The Hall–Kier alpha value is -2.49. The van der Waals surface area contributed by atoms with E-state index in [9.17, 15) is 4.79 Å². The number of rotatable bonds is 8. The first-order valence-electron chi connectivity index (χ1n) is 8.92. The third kappa shape index (κ3) is 4.53. The number of anilines is 1. The Kier molecular flexibility index (Phi) is 6.45. The molecule has 0 atom stereocenters. The van der Waals surface area contributed by atoms with Crippen molar-refractivity contribution in [1.82, 2.24) is 4.57 Å². The summed E-state index contributed by atoms with van der Waals surface area (Å²) < 4.78 is 1.84. The second-order valence-electron chi connectivity index (χ2n) is 6.39. The van der Waals surface area contributed by atoms with Crippen molar-refractivity contribution in [2.24, 2.45) is 12.8 Å². The molecule has 2 aromatic rings. The fourth-order valence-corrected chi connectivity index (χ4v) is 3.07. The number of carbonyl (C=O) groups excluding carboxylic acids is 1. The predicted molar refractivity (Wildman–Crippen MR) is 106 cm³/mol. The van der Waals surface area contributed by atoms with Crippen LogP contribution in [0.5, 0.6) is 0 Å². The Morgan fingerprint density at radius 1 is 1.24 bits per heavy atom. The number of hydrogen-bond donors (Lipinski definition) is 1. The number of primary amides is 1. The summed E-state index contributed by atoms with van der Waals surface area (Å²) in [6.45, 7) is 5.08. The lowest BCUT2D eigenvalue weighted by Crippen LogP contribution is -2.23. The van der Waals surface area contributed by atoms with Gasteiger partial charge in [-0.3, -0.25) is 4.79 Å². The summed E-state index contributed by atoms with van der Waals surface area (Å²) in [5.74, 6) is -0.372. The summed E-state index contributed by atoms with van der Waals surface area (Å²) in [7, 11) is 3.95. The first kappa shape index (κ1) is 18.8. The molecule has 0 saturated heterocycles. The lowest BCUT2D eigenvalue weighted by molar-refractivity contribution is 0.0991. The van der Waals surface area contributed by atoms with Gasteiger partial charge in [0.25, 0.3) is 5.91 Å². The van der Waals surface area contributed by atoms with E-state index in [1.54, 1.807) is 0 Å². The Morgan fingerprint density at radius 2 is 1.92 bits per heavy atom. The van der Waals surface area contributed by atoms with Gasteiger partial charge in [0.15, 0.2) is 0 Å². The van der Waals surface area contributed by atoms with E-state index in [-0.39, 0.29) is 5.91 Å². The van der Waals surface area contributed by atoms with Gasteiger partial charge >= 0.3 is 0 Å². The molecule has 0 radical (unpaired) electrons. The van der Waals surface area contributed by atoms with Crippen LogP contribution >= 0.6 is 0 Å². The van der Waals surface area contributed by atoms with E-state index < -0.39 is 0 Å². The second kappa shape index (κ2) is 8.56. The van der Waals surface area contributed by atoms with Crippen LogP contribution < -0.4 is 10.6 Å². The van der Waals surface area contributed by atoms with Crippen molar-refractivity contribution >= 4 is 17.7 Å². The van der Waals surface area contributed by atoms with Gasteiger partial charge in [-0.2, -0.15) is 0 Å². The lowest BCUT2D eigenvalue weighted by atomic mass is 10.1. The smallest absolute Gasteiger partial charge is 0.265 e. The van der Waals surface area contributed by atoms with E-state index in [1.165, 1.54) is 11.3 Å². The van der Waals surface area contributed by atoms with Crippen LogP contribution in [0.4, 0.5) is 5.69 Å². The van der Waals surface area contributed by atoms with Crippen molar-refractivity contribution in [3.63, 3.8) is 0 Å². The Labute approximate surface area is 150 Å². The summed E-state index contributed by atoms with van der Waals surface area (Å²) in [5.41, 5.74) is 10.8. The number of aryl methyl sites for hydroxylation is 2. The normalized spacial score (nSPS) is 11.2. The highest BCUT2D eigenvalue weighted by Crippen LogP contribution is 2.21. The molecule has 1 amide bonds. The number of benzene rings is 1. The number of likely N-dealkylation sites (N-methyl/N-ethyl adjacent to an activating group) is 1. The van der Waals surface area contributed by atoms with Crippen LogP contribution in [0.2, 0.25) is 0 Å². The number of aromatic nitrogens is 1. The van der Waals surface area contributed by atoms with Crippen molar-refractivity contribution in [2.45, 2.75) is 33.1 Å². The van der Waals surface area contributed by atoms with E-state index in [0.29, 0.717) is 5.69 Å². The molecule has 1 aromatic heterocycles. The molecule has 0 fully saturated rings. The summed E-state index contributed by atoms with van der Waals surface area (Å²) in [4.78, 5) is 14.1. The summed E-state index contributed by atoms with van der Waals surface area (Å²) in [6, 6.07) is 8.63. The number of amides is 1. The third-order valence-electron chi connectivity index (χ3n) is 4.57. The van der Waals surface area contributed by atoms with Crippen LogP contribution in [-0.4, -0.2) is 24.1 Å². The molecule has 0 saturated carbocycles. The minimum atomic E-state index is -0.372. The highest BCUT2D eigenvalue weighted by atomic mass is 16.1. The third-order valence-corrected chi connectivity index (χ3v) is 4.57. The van der Waals surface area contributed by atoms with Gasteiger partial charge in [-0.25, -0.2) is 0 Å². The monoisotopic (exact) mass is 339 g/mol. The number of nitrogens with zero attached hydrogens (tertiary/aromatic N) is 2. The molecule has 2 N–H and O–H groups in total. The number of hydrogen-bond acceptors (Lipinski definition) is 2. The van der Waals surface area contributed by atoms with E-state index in [0.717, 1.165) is 36.9 Å².